The molecule has 0 unspecified atom stereocenters. The summed E-state index contributed by atoms with van der Waals surface area (Å²) in [7, 11) is 1.67. The number of methoxy groups -OCH3 is 1. The maximum absolute atomic E-state index is 10.5. The van der Waals surface area contributed by atoms with Gasteiger partial charge in [0.25, 0.3) is 0 Å². The van der Waals surface area contributed by atoms with E-state index in [0.717, 1.165) is 27.0 Å². The van der Waals surface area contributed by atoms with Gasteiger partial charge >= 0.3 is 0 Å². The van der Waals surface area contributed by atoms with Crippen LogP contribution in [0.3, 0.4) is 0 Å². The summed E-state index contributed by atoms with van der Waals surface area (Å²) in [5.41, 5.74) is 0.921. The Hall–Kier alpha value is -1.84. The number of fused-ring (bicyclic) bond motifs is 1. The molecule has 3 heteroatoms. The summed E-state index contributed by atoms with van der Waals surface area (Å²) in [6.45, 7) is 2.05. The highest BCUT2D eigenvalue weighted by Crippen LogP contribution is 2.30. The van der Waals surface area contributed by atoms with Gasteiger partial charge in [0.2, 0.25) is 0 Å². The van der Waals surface area contributed by atoms with E-state index in [9.17, 15) is 5.11 Å². The molecule has 3 rings (SSSR count). The Morgan fingerprint density at radius 2 is 1.75 bits per heavy atom. The maximum Gasteiger partial charge on any atom is 0.119 e. The van der Waals surface area contributed by atoms with Gasteiger partial charge in [0.05, 0.1) is 7.11 Å². The van der Waals surface area contributed by atoms with Gasteiger partial charge in [-0.2, -0.15) is 0 Å². The maximum atomic E-state index is 10.5. The van der Waals surface area contributed by atoms with Gasteiger partial charge in [-0.05, 0) is 53.6 Å². The van der Waals surface area contributed by atoms with Crippen molar-refractivity contribution >= 4 is 22.1 Å². The summed E-state index contributed by atoms with van der Waals surface area (Å²) < 4.78 is 5.22. The minimum Gasteiger partial charge on any atom is -0.497 e. The Morgan fingerprint density at radius 3 is 2.45 bits per heavy atom. The fourth-order valence-corrected chi connectivity index (χ4v) is 3.20. The van der Waals surface area contributed by atoms with Crippen molar-refractivity contribution in [1.29, 1.82) is 0 Å². The highest BCUT2D eigenvalue weighted by atomic mass is 32.1. The number of aliphatic hydroxyl groups is 1. The number of aryl methyl sites for hydroxylation is 1. The number of benzene rings is 2. The van der Waals surface area contributed by atoms with Crippen molar-refractivity contribution in [2.45, 2.75) is 13.0 Å². The second kappa shape index (κ2) is 5.27. The highest BCUT2D eigenvalue weighted by Gasteiger charge is 2.12. The number of aliphatic hydroxyl groups excluding tert-OH is 1. The van der Waals surface area contributed by atoms with E-state index in [4.69, 9.17) is 4.74 Å². The largest absolute Gasteiger partial charge is 0.497 e. The standard InChI is InChI=1S/C17H16O2S/c1-11-3-8-16(20-11)17(18)14-5-4-13-10-15(19-2)7-6-12(13)9-14/h3-10,17-18H,1-2H3/t17-/m1/s1. The van der Waals surface area contributed by atoms with Gasteiger partial charge in [0.1, 0.15) is 11.9 Å². The molecule has 0 saturated heterocycles. The molecule has 0 aliphatic carbocycles. The first-order chi connectivity index (χ1) is 9.67. The summed E-state index contributed by atoms with van der Waals surface area (Å²) in [6, 6.07) is 16.0. The first-order valence-electron chi connectivity index (χ1n) is 6.49. The Kier molecular flexibility index (Phi) is 3.47. The molecule has 0 saturated carbocycles. The molecule has 0 bridgehead atoms. The Balaban J connectivity index is 2.00. The van der Waals surface area contributed by atoms with E-state index in [0.29, 0.717) is 0 Å². The minimum atomic E-state index is -0.555. The molecule has 0 aliphatic rings. The SMILES string of the molecule is COc1ccc2cc([C@@H](O)c3ccc(C)s3)ccc2c1. The molecule has 2 aromatic carbocycles. The summed E-state index contributed by atoms with van der Waals surface area (Å²) >= 11 is 1.63. The zero-order valence-corrected chi connectivity index (χ0v) is 12.3. The lowest BCUT2D eigenvalue weighted by atomic mass is 10.0. The first-order valence-corrected chi connectivity index (χ1v) is 7.31. The lowest BCUT2D eigenvalue weighted by molar-refractivity contribution is 0.224. The number of ether oxygens (including phenoxy) is 1. The average Bonchev–Trinajstić information content (AvgIpc) is 2.92. The number of hydrogen-bond acceptors (Lipinski definition) is 3. The molecule has 1 N–H and O–H groups in total. The van der Waals surface area contributed by atoms with E-state index in [1.165, 1.54) is 4.88 Å². The van der Waals surface area contributed by atoms with Crippen LogP contribution in [0.25, 0.3) is 10.8 Å². The van der Waals surface area contributed by atoms with Crippen LogP contribution in [0.5, 0.6) is 5.75 Å². The van der Waals surface area contributed by atoms with Crippen LogP contribution in [0.4, 0.5) is 0 Å². The third kappa shape index (κ3) is 2.42. The molecule has 0 spiro atoms. The van der Waals surface area contributed by atoms with Crippen molar-refractivity contribution < 1.29 is 9.84 Å². The molecule has 102 valence electrons. The lowest BCUT2D eigenvalue weighted by Crippen LogP contribution is -1.96. The van der Waals surface area contributed by atoms with Crippen LogP contribution in [-0.2, 0) is 0 Å². The summed E-state index contributed by atoms with van der Waals surface area (Å²) in [5.74, 6) is 0.847. The predicted octanol–water partition coefficient (Wildman–Crippen LogP) is 4.30. The summed E-state index contributed by atoms with van der Waals surface area (Å²) in [4.78, 5) is 2.19. The fourth-order valence-electron chi connectivity index (χ4n) is 2.30. The van der Waals surface area contributed by atoms with Gasteiger partial charge < -0.3 is 9.84 Å². The van der Waals surface area contributed by atoms with E-state index in [1.807, 2.05) is 55.5 Å². The lowest BCUT2D eigenvalue weighted by Gasteiger charge is -2.10. The highest BCUT2D eigenvalue weighted by molar-refractivity contribution is 7.12. The monoisotopic (exact) mass is 284 g/mol. The smallest absolute Gasteiger partial charge is 0.119 e. The molecule has 1 aromatic heterocycles. The van der Waals surface area contributed by atoms with Crippen LogP contribution in [-0.4, -0.2) is 12.2 Å². The quantitative estimate of drug-likeness (QED) is 0.777. The molecule has 20 heavy (non-hydrogen) atoms. The second-order valence-electron chi connectivity index (χ2n) is 4.82. The normalized spacial score (nSPS) is 12.6. The van der Waals surface area contributed by atoms with Crippen LogP contribution in [0, 0.1) is 6.92 Å². The molecule has 1 atom stereocenters. The van der Waals surface area contributed by atoms with Crippen molar-refractivity contribution in [3.05, 3.63) is 63.8 Å². The minimum absolute atomic E-state index is 0.555. The van der Waals surface area contributed by atoms with Gasteiger partial charge in [-0.25, -0.2) is 0 Å². The van der Waals surface area contributed by atoms with Crippen LogP contribution in [0.15, 0.2) is 48.5 Å². The molecular weight excluding hydrogens is 268 g/mol. The zero-order valence-electron chi connectivity index (χ0n) is 11.5. The van der Waals surface area contributed by atoms with E-state index in [1.54, 1.807) is 18.4 Å². The molecule has 0 aliphatic heterocycles. The molecule has 3 aromatic rings. The van der Waals surface area contributed by atoms with Crippen LogP contribution < -0.4 is 4.74 Å². The van der Waals surface area contributed by atoms with Crippen LogP contribution >= 0.6 is 11.3 Å². The second-order valence-corrected chi connectivity index (χ2v) is 6.14. The third-order valence-corrected chi connectivity index (χ3v) is 4.47. The number of thiophene rings is 1. The van der Waals surface area contributed by atoms with Gasteiger partial charge in [-0.1, -0.05) is 18.2 Å². The molecule has 0 fully saturated rings. The van der Waals surface area contributed by atoms with Gasteiger partial charge in [0, 0.05) is 9.75 Å². The number of rotatable bonds is 3. The van der Waals surface area contributed by atoms with Crippen molar-refractivity contribution in [2.75, 3.05) is 7.11 Å². The van der Waals surface area contributed by atoms with Crippen molar-refractivity contribution in [3.8, 4) is 5.75 Å². The molecule has 0 radical (unpaired) electrons. The van der Waals surface area contributed by atoms with E-state index in [-0.39, 0.29) is 0 Å². The summed E-state index contributed by atoms with van der Waals surface area (Å²) in [6.07, 6.45) is -0.555. The Morgan fingerprint density at radius 1 is 1.00 bits per heavy atom. The Bertz CT molecular complexity index is 746. The topological polar surface area (TPSA) is 29.5 Å². The van der Waals surface area contributed by atoms with Gasteiger partial charge in [-0.15, -0.1) is 11.3 Å². The van der Waals surface area contributed by atoms with Crippen LogP contribution in [0.2, 0.25) is 0 Å². The van der Waals surface area contributed by atoms with Crippen molar-refractivity contribution in [3.63, 3.8) is 0 Å². The zero-order chi connectivity index (χ0) is 14.1. The van der Waals surface area contributed by atoms with E-state index in [2.05, 4.69) is 0 Å². The van der Waals surface area contributed by atoms with Gasteiger partial charge in [-0.3, -0.25) is 0 Å². The van der Waals surface area contributed by atoms with E-state index < -0.39 is 6.10 Å². The van der Waals surface area contributed by atoms with Gasteiger partial charge in [0.15, 0.2) is 0 Å². The molecular formula is C17H16O2S. The first kappa shape index (κ1) is 13.2. The van der Waals surface area contributed by atoms with Crippen molar-refractivity contribution in [1.82, 2.24) is 0 Å². The van der Waals surface area contributed by atoms with Crippen LogP contribution in [0.1, 0.15) is 21.4 Å². The average molecular weight is 284 g/mol. The Labute approximate surface area is 122 Å². The fraction of sp³-hybridized carbons (Fsp3) is 0.176. The van der Waals surface area contributed by atoms with Crippen molar-refractivity contribution in [2.24, 2.45) is 0 Å². The molecule has 2 nitrogen and oxygen atoms in total. The molecule has 0 amide bonds. The molecule has 1 heterocycles. The predicted molar refractivity (Wildman–Crippen MR) is 83.6 cm³/mol. The number of hydrogen-bond donors (Lipinski definition) is 1. The summed E-state index contributed by atoms with van der Waals surface area (Å²) in [5, 5.41) is 12.7. The van der Waals surface area contributed by atoms with E-state index >= 15 is 0 Å². The third-order valence-electron chi connectivity index (χ3n) is 3.42.